The van der Waals surface area contributed by atoms with Crippen LogP contribution in [0.5, 0.6) is 0 Å². The smallest absolute Gasteiger partial charge is 0.238 e. The van der Waals surface area contributed by atoms with Gasteiger partial charge in [-0.3, -0.25) is 9.69 Å². The zero-order valence-electron chi connectivity index (χ0n) is 12.0. The molecule has 106 valence electrons. The van der Waals surface area contributed by atoms with Gasteiger partial charge in [-0.2, -0.15) is 0 Å². The van der Waals surface area contributed by atoms with Crippen molar-refractivity contribution >= 4 is 11.6 Å². The molecule has 0 atom stereocenters. The summed E-state index contributed by atoms with van der Waals surface area (Å²) in [5.74, 6) is 0.0415. The molecule has 1 rings (SSSR count). The van der Waals surface area contributed by atoms with Crippen molar-refractivity contribution in [1.82, 2.24) is 4.90 Å². The van der Waals surface area contributed by atoms with Crippen molar-refractivity contribution in [3.8, 4) is 0 Å². The first-order valence-electron chi connectivity index (χ1n) is 6.95. The fraction of sp³-hybridized carbons (Fsp3) is 0.533. The van der Waals surface area contributed by atoms with E-state index in [0.29, 0.717) is 13.1 Å². The Balaban J connectivity index is 2.50. The van der Waals surface area contributed by atoms with Crippen LogP contribution < -0.4 is 11.1 Å². The highest BCUT2D eigenvalue weighted by Gasteiger charge is 2.10. The van der Waals surface area contributed by atoms with Gasteiger partial charge in [-0.15, -0.1) is 0 Å². The largest absolute Gasteiger partial charge is 0.330 e. The summed E-state index contributed by atoms with van der Waals surface area (Å²) in [5.41, 5.74) is 7.49. The molecular formula is C15H25N3O. The Morgan fingerprint density at radius 2 is 2.05 bits per heavy atom. The fourth-order valence-electron chi connectivity index (χ4n) is 2.01. The predicted molar refractivity (Wildman–Crippen MR) is 80.2 cm³/mol. The SMILES string of the molecule is CCCN(CCCN)CC(=O)Nc1ccccc1C. The zero-order chi connectivity index (χ0) is 14.1. The third-order valence-electron chi connectivity index (χ3n) is 3.00. The number of carbonyl (C=O) groups is 1. The first-order chi connectivity index (χ1) is 9.17. The number of benzene rings is 1. The summed E-state index contributed by atoms with van der Waals surface area (Å²) < 4.78 is 0. The highest BCUT2D eigenvalue weighted by atomic mass is 16.2. The molecule has 0 unspecified atom stereocenters. The van der Waals surface area contributed by atoms with Crippen molar-refractivity contribution in [3.63, 3.8) is 0 Å². The lowest BCUT2D eigenvalue weighted by Crippen LogP contribution is -2.35. The highest BCUT2D eigenvalue weighted by Crippen LogP contribution is 2.12. The Morgan fingerprint density at radius 3 is 2.68 bits per heavy atom. The second kappa shape index (κ2) is 8.67. The van der Waals surface area contributed by atoms with Crippen LogP contribution in [0.2, 0.25) is 0 Å². The van der Waals surface area contributed by atoms with Crippen LogP contribution >= 0.6 is 0 Å². The summed E-state index contributed by atoms with van der Waals surface area (Å²) in [4.78, 5) is 14.2. The second-order valence-corrected chi connectivity index (χ2v) is 4.78. The van der Waals surface area contributed by atoms with Gasteiger partial charge in [0.25, 0.3) is 0 Å². The molecule has 19 heavy (non-hydrogen) atoms. The number of hydrogen-bond acceptors (Lipinski definition) is 3. The van der Waals surface area contributed by atoms with E-state index in [1.807, 2.05) is 31.2 Å². The summed E-state index contributed by atoms with van der Waals surface area (Å²) in [6.45, 7) is 7.02. The number of amides is 1. The molecule has 0 saturated carbocycles. The van der Waals surface area contributed by atoms with Crippen molar-refractivity contribution in [2.45, 2.75) is 26.7 Å². The minimum atomic E-state index is 0.0415. The molecule has 0 heterocycles. The van der Waals surface area contributed by atoms with E-state index in [0.717, 1.165) is 37.2 Å². The quantitative estimate of drug-likeness (QED) is 0.754. The van der Waals surface area contributed by atoms with Crippen LogP contribution in [0.3, 0.4) is 0 Å². The van der Waals surface area contributed by atoms with Crippen molar-refractivity contribution < 1.29 is 4.79 Å². The molecule has 0 aliphatic rings. The van der Waals surface area contributed by atoms with Crippen molar-refractivity contribution in [2.75, 3.05) is 31.5 Å². The van der Waals surface area contributed by atoms with Gasteiger partial charge in [0.05, 0.1) is 6.54 Å². The molecule has 1 aromatic carbocycles. The van der Waals surface area contributed by atoms with E-state index in [4.69, 9.17) is 5.73 Å². The average molecular weight is 263 g/mol. The summed E-state index contributed by atoms with van der Waals surface area (Å²) >= 11 is 0. The Bertz CT molecular complexity index is 393. The molecule has 0 aliphatic heterocycles. The van der Waals surface area contributed by atoms with E-state index < -0.39 is 0 Å². The topological polar surface area (TPSA) is 58.4 Å². The maximum Gasteiger partial charge on any atom is 0.238 e. The highest BCUT2D eigenvalue weighted by molar-refractivity contribution is 5.92. The monoisotopic (exact) mass is 263 g/mol. The minimum absolute atomic E-state index is 0.0415. The van der Waals surface area contributed by atoms with Gasteiger partial charge in [-0.1, -0.05) is 25.1 Å². The first kappa shape index (κ1) is 15.7. The van der Waals surface area contributed by atoms with Gasteiger partial charge in [-0.25, -0.2) is 0 Å². The first-order valence-corrected chi connectivity index (χ1v) is 6.95. The standard InChI is InChI=1S/C15H25N3O/c1-3-10-18(11-6-9-16)12-15(19)17-14-8-5-4-7-13(14)2/h4-5,7-8H,3,6,9-12,16H2,1-2H3,(H,17,19). The number of para-hydroxylation sites is 1. The van der Waals surface area contributed by atoms with Crippen LogP contribution in [-0.4, -0.2) is 37.0 Å². The van der Waals surface area contributed by atoms with Crippen molar-refractivity contribution in [1.29, 1.82) is 0 Å². The van der Waals surface area contributed by atoms with Gasteiger partial charge in [0.15, 0.2) is 0 Å². The van der Waals surface area contributed by atoms with E-state index >= 15 is 0 Å². The third kappa shape index (κ3) is 5.85. The molecule has 0 aromatic heterocycles. The molecule has 1 aromatic rings. The molecular weight excluding hydrogens is 238 g/mol. The number of nitrogens with zero attached hydrogens (tertiary/aromatic N) is 1. The van der Waals surface area contributed by atoms with E-state index in [9.17, 15) is 4.79 Å². The molecule has 0 spiro atoms. The lowest BCUT2D eigenvalue weighted by molar-refractivity contribution is -0.117. The number of rotatable bonds is 8. The molecule has 3 N–H and O–H groups in total. The average Bonchev–Trinajstić information content (AvgIpc) is 2.39. The summed E-state index contributed by atoms with van der Waals surface area (Å²) in [5, 5.41) is 2.96. The number of hydrogen-bond donors (Lipinski definition) is 2. The van der Waals surface area contributed by atoms with Crippen LogP contribution in [0.15, 0.2) is 24.3 Å². The lowest BCUT2D eigenvalue weighted by Gasteiger charge is -2.21. The molecule has 0 radical (unpaired) electrons. The lowest BCUT2D eigenvalue weighted by atomic mass is 10.2. The summed E-state index contributed by atoms with van der Waals surface area (Å²) in [7, 11) is 0. The minimum Gasteiger partial charge on any atom is -0.330 e. The van der Waals surface area contributed by atoms with Crippen molar-refractivity contribution in [3.05, 3.63) is 29.8 Å². The summed E-state index contributed by atoms with van der Waals surface area (Å²) in [6, 6.07) is 7.82. The third-order valence-corrected chi connectivity index (χ3v) is 3.00. The zero-order valence-corrected chi connectivity index (χ0v) is 12.0. The maximum absolute atomic E-state index is 12.0. The van der Waals surface area contributed by atoms with Crippen LogP contribution in [-0.2, 0) is 4.79 Å². The van der Waals surface area contributed by atoms with Crippen LogP contribution in [0.1, 0.15) is 25.3 Å². The van der Waals surface area contributed by atoms with E-state index in [-0.39, 0.29) is 5.91 Å². The number of nitrogens with two attached hydrogens (primary N) is 1. The van der Waals surface area contributed by atoms with E-state index in [1.54, 1.807) is 0 Å². The molecule has 1 amide bonds. The van der Waals surface area contributed by atoms with E-state index in [2.05, 4.69) is 17.1 Å². The summed E-state index contributed by atoms with van der Waals surface area (Å²) in [6.07, 6.45) is 1.97. The fourth-order valence-corrected chi connectivity index (χ4v) is 2.01. The van der Waals surface area contributed by atoms with Gasteiger partial charge in [-0.05, 0) is 51.0 Å². The normalized spacial score (nSPS) is 10.7. The Morgan fingerprint density at radius 1 is 1.32 bits per heavy atom. The van der Waals surface area contributed by atoms with Gasteiger partial charge in [0.2, 0.25) is 5.91 Å². The molecule has 0 fully saturated rings. The Kier molecular flexibility index (Phi) is 7.15. The number of aryl methyl sites for hydroxylation is 1. The van der Waals surface area contributed by atoms with Crippen LogP contribution in [0.4, 0.5) is 5.69 Å². The molecule has 4 nitrogen and oxygen atoms in total. The molecule has 4 heteroatoms. The van der Waals surface area contributed by atoms with Gasteiger partial charge in [0, 0.05) is 5.69 Å². The maximum atomic E-state index is 12.0. The number of anilines is 1. The number of nitrogens with one attached hydrogen (secondary N) is 1. The van der Waals surface area contributed by atoms with Gasteiger partial charge >= 0.3 is 0 Å². The Hall–Kier alpha value is -1.39. The van der Waals surface area contributed by atoms with Gasteiger partial charge < -0.3 is 11.1 Å². The molecule has 0 saturated heterocycles. The molecule has 0 aliphatic carbocycles. The van der Waals surface area contributed by atoms with Crippen LogP contribution in [0, 0.1) is 6.92 Å². The van der Waals surface area contributed by atoms with Gasteiger partial charge in [0.1, 0.15) is 0 Å². The van der Waals surface area contributed by atoms with E-state index in [1.165, 1.54) is 0 Å². The van der Waals surface area contributed by atoms with Crippen LogP contribution in [0.25, 0.3) is 0 Å². The predicted octanol–water partition coefficient (Wildman–Crippen LogP) is 1.99. The molecule has 0 bridgehead atoms. The second-order valence-electron chi connectivity index (χ2n) is 4.78. The number of carbonyl (C=O) groups excluding carboxylic acids is 1. The Labute approximate surface area is 116 Å². The van der Waals surface area contributed by atoms with Crippen molar-refractivity contribution in [2.24, 2.45) is 5.73 Å².